The third-order valence-corrected chi connectivity index (χ3v) is 5.80. The number of hydrogen-bond donors (Lipinski definition) is 1. The average molecular weight is 503 g/mol. The van der Waals surface area contributed by atoms with E-state index in [-0.39, 0.29) is 5.78 Å². The molecule has 0 fully saturated rings. The van der Waals surface area contributed by atoms with Gasteiger partial charge in [0, 0.05) is 15.6 Å². The fraction of sp³-hybridized carbons (Fsp3) is 0.300. The molecule has 29 heavy (non-hydrogen) atoms. The topological polar surface area (TPSA) is 89.5 Å². The molecular weight excluding hydrogens is 482 g/mol. The zero-order chi connectivity index (χ0) is 22.0. The lowest BCUT2D eigenvalue weighted by molar-refractivity contribution is 0.0570. The van der Waals surface area contributed by atoms with Gasteiger partial charge in [0.1, 0.15) is 5.60 Å². The molecule has 0 aliphatic heterocycles. The molecule has 6 nitrogen and oxygen atoms in total. The van der Waals surface area contributed by atoms with Crippen molar-refractivity contribution in [3.05, 3.63) is 68.1 Å². The molecule has 0 saturated carbocycles. The highest BCUT2D eigenvalue weighted by Gasteiger charge is 2.22. The van der Waals surface area contributed by atoms with E-state index in [0.717, 1.165) is 5.56 Å². The molecule has 2 rings (SSSR count). The number of benzene rings is 2. The minimum absolute atomic E-state index is 0.289. The molecule has 1 N–H and O–H groups in total. The molecule has 0 atom stereocenters. The van der Waals surface area contributed by atoms with E-state index >= 15 is 0 Å². The number of carbonyl (C=O) groups is 2. The van der Waals surface area contributed by atoms with Crippen LogP contribution in [-0.2, 0) is 20.5 Å². The van der Waals surface area contributed by atoms with Gasteiger partial charge in [-0.05, 0) is 63.1 Å². The standard InChI is InChI=1S/C20H21BrClNO5S/c1-12-5-7-15(17(22)9-12)18(24)14-8-6-13(10-16(14)21)11-29(26,27)23-19(25)28-20(2,3)4/h5-10H,11H2,1-4H3,(H,23,25). The Bertz CT molecular complexity index is 1060. The fourth-order valence-corrected chi connectivity index (χ4v) is 4.38. The van der Waals surface area contributed by atoms with Crippen LogP contribution in [0.2, 0.25) is 5.02 Å². The highest BCUT2D eigenvalue weighted by atomic mass is 79.9. The van der Waals surface area contributed by atoms with Crippen LogP contribution in [0.5, 0.6) is 0 Å². The van der Waals surface area contributed by atoms with E-state index in [1.807, 2.05) is 11.6 Å². The summed E-state index contributed by atoms with van der Waals surface area (Å²) in [6, 6.07) is 9.68. The Kier molecular flexibility index (Phi) is 7.14. The highest BCUT2D eigenvalue weighted by molar-refractivity contribution is 9.10. The Balaban J connectivity index is 2.18. The van der Waals surface area contributed by atoms with Gasteiger partial charge in [0.2, 0.25) is 10.0 Å². The summed E-state index contributed by atoms with van der Waals surface area (Å²) in [4.78, 5) is 24.5. The first-order valence-corrected chi connectivity index (χ1v) is 11.4. The number of ketones is 1. The molecule has 2 aromatic carbocycles. The monoisotopic (exact) mass is 501 g/mol. The summed E-state index contributed by atoms with van der Waals surface area (Å²) < 4.78 is 31.7. The van der Waals surface area contributed by atoms with Crippen molar-refractivity contribution in [2.24, 2.45) is 0 Å². The zero-order valence-corrected chi connectivity index (χ0v) is 19.5. The van der Waals surface area contributed by atoms with Crippen LogP contribution in [0.15, 0.2) is 40.9 Å². The first kappa shape index (κ1) is 23.4. The minimum Gasteiger partial charge on any atom is -0.443 e. The third-order valence-electron chi connectivity index (χ3n) is 3.64. The summed E-state index contributed by atoms with van der Waals surface area (Å²) in [6.07, 6.45) is -1.04. The zero-order valence-electron chi connectivity index (χ0n) is 16.4. The van der Waals surface area contributed by atoms with Crippen LogP contribution in [0.3, 0.4) is 0 Å². The molecule has 0 saturated heterocycles. The highest BCUT2D eigenvalue weighted by Crippen LogP contribution is 2.26. The van der Waals surface area contributed by atoms with Crippen LogP contribution in [0.1, 0.15) is 47.8 Å². The van der Waals surface area contributed by atoms with Gasteiger partial charge < -0.3 is 4.74 Å². The molecule has 0 bridgehead atoms. The van der Waals surface area contributed by atoms with Crippen LogP contribution < -0.4 is 4.72 Å². The summed E-state index contributed by atoms with van der Waals surface area (Å²) in [5, 5.41) is 0.343. The number of amides is 1. The van der Waals surface area contributed by atoms with Crippen molar-refractivity contribution in [2.75, 3.05) is 0 Å². The van der Waals surface area contributed by atoms with Crippen molar-refractivity contribution >= 4 is 49.4 Å². The van der Waals surface area contributed by atoms with Crippen LogP contribution in [0.4, 0.5) is 4.79 Å². The molecule has 1 amide bonds. The molecule has 0 heterocycles. The molecule has 0 aliphatic rings. The van der Waals surface area contributed by atoms with Gasteiger partial charge in [0.05, 0.1) is 10.8 Å². The maximum Gasteiger partial charge on any atom is 0.421 e. The SMILES string of the molecule is Cc1ccc(C(=O)c2ccc(CS(=O)(=O)NC(=O)OC(C)(C)C)cc2Br)c(Cl)c1. The first-order chi connectivity index (χ1) is 13.3. The summed E-state index contributed by atoms with van der Waals surface area (Å²) in [5.41, 5.74) is 1.20. The number of sulfonamides is 1. The van der Waals surface area contributed by atoms with E-state index in [9.17, 15) is 18.0 Å². The molecule has 0 unspecified atom stereocenters. The number of aryl methyl sites for hydroxylation is 1. The van der Waals surface area contributed by atoms with Crippen molar-refractivity contribution in [2.45, 2.75) is 39.0 Å². The second-order valence-corrected chi connectivity index (χ2v) is 10.5. The molecule has 156 valence electrons. The number of halogens is 2. The number of hydrogen-bond acceptors (Lipinski definition) is 5. The van der Waals surface area contributed by atoms with E-state index in [0.29, 0.717) is 26.2 Å². The second kappa shape index (κ2) is 8.85. The van der Waals surface area contributed by atoms with Crippen molar-refractivity contribution < 1.29 is 22.7 Å². The van der Waals surface area contributed by atoms with Gasteiger partial charge in [-0.25, -0.2) is 17.9 Å². The Labute approximate surface area is 183 Å². The van der Waals surface area contributed by atoms with Gasteiger partial charge in [-0.2, -0.15) is 0 Å². The Morgan fingerprint density at radius 1 is 1.10 bits per heavy atom. The number of rotatable bonds is 5. The quantitative estimate of drug-likeness (QED) is 0.581. The lowest BCUT2D eigenvalue weighted by Gasteiger charge is -2.19. The van der Waals surface area contributed by atoms with Crippen molar-refractivity contribution in [1.29, 1.82) is 0 Å². The normalized spacial score (nSPS) is 11.8. The lowest BCUT2D eigenvalue weighted by atomic mass is 10.0. The van der Waals surface area contributed by atoms with Gasteiger partial charge in [-0.15, -0.1) is 0 Å². The average Bonchev–Trinajstić information content (AvgIpc) is 2.51. The Morgan fingerprint density at radius 3 is 2.28 bits per heavy atom. The summed E-state index contributed by atoms with van der Waals surface area (Å²) >= 11 is 9.48. The van der Waals surface area contributed by atoms with Gasteiger partial charge >= 0.3 is 6.09 Å². The molecule has 0 aliphatic carbocycles. The van der Waals surface area contributed by atoms with E-state index in [4.69, 9.17) is 16.3 Å². The van der Waals surface area contributed by atoms with Crippen LogP contribution >= 0.6 is 27.5 Å². The fourth-order valence-electron chi connectivity index (χ4n) is 2.46. The Hall–Kier alpha value is -1.90. The van der Waals surface area contributed by atoms with Gasteiger partial charge in [-0.1, -0.05) is 39.7 Å². The number of carbonyl (C=O) groups excluding carboxylic acids is 2. The number of ether oxygens (including phenoxy) is 1. The van der Waals surface area contributed by atoms with Crippen molar-refractivity contribution in [3.8, 4) is 0 Å². The second-order valence-electron chi connectivity index (χ2n) is 7.49. The predicted octanol–water partition coefficient (Wildman–Crippen LogP) is 5.00. The minimum atomic E-state index is -3.97. The van der Waals surface area contributed by atoms with E-state index in [1.165, 1.54) is 18.2 Å². The molecular formula is C20H21BrClNO5S. The molecule has 2 aromatic rings. The van der Waals surface area contributed by atoms with Crippen molar-refractivity contribution in [3.63, 3.8) is 0 Å². The van der Waals surface area contributed by atoms with Gasteiger partial charge in [-0.3, -0.25) is 4.79 Å². The lowest BCUT2D eigenvalue weighted by Crippen LogP contribution is -2.36. The predicted molar refractivity (Wildman–Crippen MR) is 116 cm³/mol. The molecule has 0 spiro atoms. The van der Waals surface area contributed by atoms with E-state index in [1.54, 1.807) is 39.0 Å². The van der Waals surface area contributed by atoms with Gasteiger partial charge in [0.25, 0.3) is 0 Å². The Morgan fingerprint density at radius 2 is 1.72 bits per heavy atom. The van der Waals surface area contributed by atoms with Gasteiger partial charge in [0.15, 0.2) is 5.78 Å². The molecule has 0 radical (unpaired) electrons. The number of nitrogens with one attached hydrogen (secondary N) is 1. The third kappa shape index (κ3) is 6.83. The van der Waals surface area contributed by atoms with Crippen molar-refractivity contribution in [1.82, 2.24) is 4.72 Å². The van der Waals surface area contributed by atoms with Crippen LogP contribution in [0, 0.1) is 6.92 Å². The molecule has 0 aromatic heterocycles. The van der Waals surface area contributed by atoms with Crippen LogP contribution in [0.25, 0.3) is 0 Å². The summed E-state index contributed by atoms with van der Waals surface area (Å²) in [6.45, 7) is 6.77. The van der Waals surface area contributed by atoms with E-state index < -0.39 is 27.5 Å². The molecule has 9 heteroatoms. The summed E-state index contributed by atoms with van der Waals surface area (Å²) in [5.74, 6) is -0.743. The summed E-state index contributed by atoms with van der Waals surface area (Å²) in [7, 11) is -3.97. The van der Waals surface area contributed by atoms with Crippen LogP contribution in [-0.4, -0.2) is 25.9 Å². The maximum atomic E-state index is 12.8. The van der Waals surface area contributed by atoms with E-state index in [2.05, 4.69) is 15.9 Å². The largest absolute Gasteiger partial charge is 0.443 e. The maximum absolute atomic E-state index is 12.8. The smallest absolute Gasteiger partial charge is 0.421 e. The first-order valence-electron chi connectivity index (χ1n) is 8.60.